The van der Waals surface area contributed by atoms with E-state index in [1.54, 1.807) is 12.1 Å². The number of fused-ring (bicyclic) bond motifs is 1. The monoisotopic (exact) mass is 298 g/mol. The van der Waals surface area contributed by atoms with E-state index in [2.05, 4.69) is 54.6 Å². The standard InChI is InChI=1S/C22H15F/c23-22-7-3-6-20(15-22)17-8-10-18(11-9-17)21-13-12-16-4-1-2-5-19(16)14-21/h1-15H. The maximum atomic E-state index is 13.3. The van der Waals surface area contributed by atoms with Gasteiger partial charge in [0.05, 0.1) is 0 Å². The van der Waals surface area contributed by atoms with E-state index in [1.165, 1.54) is 22.4 Å². The van der Waals surface area contributed by atoms with E-state index in [4.69, 9.17) is 0 Å². The molecular formula is C22H15F. The third kappa shape index (κ3) is 2.74. The van der Waals surface area contributed by atoms with Crippen LogP contribution in [-0.2, 0) is 0 Å². The van der Waals surface area contributed by atoms with Gasteiger partial charge in [0.15, 0.2) is 0 Å². The number of rotatable bonds is 2. The predicted octanol–water partition coefficient (Wildman–Crippen LogP) is 6.31. The van der Waals surface area contributed by atoms with E-state index >= 15 is 0 Å². The molecule has 0 atom stereocenters. The van der Waals surface area contributed by atoms with Gasteiger partial charge in [-0.05, 0) is 51.2 Å². The van der Waals surface area contributed by atoms with E-state index in [-0.39, 0.29) is 5.82 Å². The summed E-state index contributed by atoms with van der Waals surface area (Å²) in [5.41, 5.74) is 4.27. The third-order valence-corrected chi connectivity index (χ3v) is 4.13. The van der Waals surface area contributed by atoms with Gasteiger partial charge < -0.3 is 0 Å². The minimum absolute atomic E-state index is 0.207. The van der Waals surface area contributed by atoms with Crippen molar-refractivity contribution in [3.8, 4) is 22.3 Å². The highest BCUT2D eigenvalue weighted by Gasteiger charge is 2.02. The molecule has 0 aliphatic heterocycles. The van der Waals surface area contributed by atoms with E-state index in [9.17, 15) is 4.39 Å². The van der Waals surface area contributed by atoms with Crippen molar-refractivity contribution in [2.75, 3.05) is 0 Å². The molecule has 0 bridgehead atoms. The Bertz CT molecular complexity index is 968. The molecule has 0 aromatic heterocycles. The van der Waals surface area contributed by atoms with Crippen LogP contribution in [0.4, 0.5) is 4.39 Å². The van der Waals surface area contributed by atoms with Crippen molar-refractivity contribution < 1.29 is 4.39 Å². The molecule has 1 heteroatoms. The Morgan fingerprint density at radius 3 is 1.74 bits per heavy atom. The molecule has 0 radical (unpaired) electrons. The highest BCUT2D eigenvalue weighted by molar-refractivity contribution is 5.87. The van der Waals surface area contributed by atoms with Crippen LogP contribution in [0.15, 0.2) is 91.0 Å². The zero-order valence-electron chi connectivity index (χ0n) is 12.5. The molecule has 0 saturated heterocycles. The van der Waals surface area contributed by atoms with Crippen LogP contribution in [0.2, 0.25) is 0 Å². The molecule has 4 aromatic rings. The van der Waals surface area contributed by atoms with Gasteiger partial charge in [-0.1, -0.05) is 72.8 Å². The Balaban J connectivity index is 1.72. The summed E-state index contributed by atoms with van der Waals surface area (Å²) < 4.78 is 13.3. The minimum Gasteiger partial charge on any atom is -0.207 e. The van der Waals surface area contributed by atoms with Crippen LogP contribution < -0.4 is 0 Å². The Hall–Kier alpha value is -2.93. The maximum absolute atomic E-state index is 13.3. The largest absolute Gasteiger partial charge is 0.207 e. The van der Waals surface area contributed by atoms with Gasteiger partial charge in [0.25, 0.3) is 0 Å². The molecule has 4 aromatic carbocycles. The minimum atomic E-state index is -0.207. The van der Waals surface area contributed by atoms with Crippen LogP contribution in [0.25, 0.3) is 33.0 Å². The topological polar surface area (TPSA) is 0 Å². The van der Waals surface area contributed by atoms with Crippen molar-refractivity contribution in [1.29, 1.82) is 0 Å². The van der Waals surface area contributed by atoms with Crippen LogP contribution in [0.5, 0.6) is 0 Å². The number of hydrogen-bond acceptors (Lipinski definition) is 0. The van der Waals surface area contributed by atoms with Crippen LogP contribution in [0, 0.1) is 5.82 Å². The Morgan fingerprint density at radius 1 is 0.435 bits per heavy atom. The van der Waals surface area contributed by atoms with Crippen molar-refractivity contribution in [3.05, 3.63) is 96.8 Å². The third-order valence-electron chi connectivity index (χ3n) is 4.13. The summed E-state index contributed by atoms with van der Waals surface area (Å²) in [4.78, 5) is 0. The molecule has 4 rings (SSSR count). The SMILES string of the molecule is Fc1cccc(-c2ccc(-c3ccc4ccccc4c3)cc2)c1. The molecule has 0 nitrogen and oxygen atoms in total. The van der Waals surface area contributed by atoms with Gasteiger partial charge in [0.2, 0.25) is 0 Å². The van der Waals surface area contributed by atoms with E-state index in [0.29, 0.717) is 0 Å². The van der Waals surface area contributed by atoms with Crippen molar-refractivity contribution in [3.63, 3.8) is 0 Å². The summed E-state index contributed by atoms with van der Waals surface area (Å²) in [6.07, 6.45) is 0. The summed E-state index contributed by atoms with van der Waals surface area (Å²) in [6.45, 7) is 0. The summed E-state index contributed by atoms with van der Waals surface area (Å²) in [6, 6.07) is 29.8. The summed E-state index contributed by atoms with van der Waals surface area (Å²) in [7, 11) is 0. The van der Waals surface area contributed by atoms with Crippen molar-refractivity contribution >= 4 is 10.8 Å². The van der Waals surface area contributed by atoms with Gasteiger partial charge in [-0.25, -0.2) is 4.39 Å². The molecule has 0 fully saturated rings. The van der Waals surface area contributed by atoms with Gasteiger partial charge in [0, 0.05) is 0 Å². The van der Waals surface area contributed by atoms with Crippen LogP contribution in [0.1, 0.15) is 0 Å². The fourth-order valence-corrected chi connectivity index (χ4v) is 2.89. The maximum Gasteiger partial charge on any atom is 0.123 e. The lowest BCUT2D eigenvalue weighted by atomic mass is 9.98. The van der Waals surface area contributed by atoms with E-state index < -0.39 is 0 Å². The second kappa shape index (κ2) is 5.69. The highest BCUT2D eigenvalue weighted by atomic mass is 19.1. The van der Waals surface area contributed by atoms with Crippen molar-refractivity contribution in [2.45, 2.75) is 0 Å². The highest BCUT2D eigenvalue weighted by Crippen LogP contribution is 2.27. The molecule has 0 saturated carbocycles. The molecule has 0 spiro atoms. The summed E-state index contributed by atoms with van der Waals surface area (Å²) in [5, 5.41) is 2.48. The quantitative estimate of drug-likeness (QED) is 0.406. The first kappa shape index (κ1) is 13.7. The molecule has 0 heterocycles. The lowest BCUT2D eigenvalue weighted by Gasteiger charge is -2.06. The van der Waals surface area contributed by atoms with E-state index in [0.717, 1.165) is 16.7 Å². The van der Waals surface area contributed by atoms with Crippen LogP contribution >= 0.6 is 0 Å². The van der Waals surface area contributed by atoms with Gasteiger partial charge in [-0.2, -0.15) is 0 Å². The number of hydrogen-bond donors (Lipinski definition) is 0. The van der Waals surface area contributed by atoms with Gasteiger partial charge in [-0.3, -0.25) is 0 Å². The molecule has 0 aliphatic carbocycles. The Labute approximate surface area is 134 Å². The first-order chi connectivity index (χ1) is 11.3. The predicted molar refractivity (Wildman–Crippen MR) is 94.8 cm³/mol. The second-order valence-electron chi connectivity index (χ2n) is 5.65. The summed E-state index contributed by atoms with van der Waals surface area (Å²) in [5.74, 6) is -0.207. The molecule has 0 unspecified atom stereocenters. The molecule has 110 valence electrons. The zero-order chi connectivity index (χ0) is 15.6. The average Bonchev–Trinajstić information content (AvgIpc) is 2.61. The fourth-order valence-electron chi connectivity index (χ4n) is 2.89. The summed E-state index contributed by atoms with van der Waals surface area (Å²) >= 11 is 0. The Kier molecular flexibility index (Phi) is 3.39. The average molecular weight is 298 g/mol. The van der Waals surface area contributed by atoms with Crippen molar-refractivity contribution in [2.24, 2.45) is 0 Å². The Morgan fingerprint density at radius 2 is 1.04 bits per heavy atom. The number of halogens is 1. The van der Waals surface area contributed by atoms with Gasteiger partial charge in [-0.15, -0.1) is 0 Å². The first-order valence-electron chi connectivity index (χ1n) is 7.65. The second-order valence-corrected chi connectivity index (χ2v) is 5.65. The number of benzene rings is 4. The normalized spacial score (nSPS) is 10.8. The molecule has 0 N–H and O–H groups in total. The molecule has 0 amide bonds. The van der Waals surface area contributed by atoms with Crippen LogP contribution in [-0.4, -0.2) is 0 Å². The molecule has 0 aliphatic rings. The van der Waals surface area contributed by atoms with Gasteiger partial charge in [0.1, 0.15) is 5.82 Å². The lowest BCUT2D eigenvalue weighted by molar-refractivity contribution is 0.628. The first-order valence-corrected chi connectivity index (χ1v) is 7.65. The van der Waals surface area contributed by atoms with Gasteiger partial charge >= 0.3 is 0 Å². The molecular weight excluding hydrogens is 283 g/mol. The lowest BCUT2D eigenvalue weighted by Crippen LogP contribution is -1.82. The molecule has 23 heavy (non-hydrogen) atoms. The van der Waals surface area contributed by atoms with Crippen molar-refractivity contribution in [1.82, 2.24) is 0 Å². The zero-order valence-corrected chi connectivity index (χ0v) is 12.5. The van der Waals surface area contributed by atoms with E-state index in [1.807, 2.05) is 18.2 Å². The fraction of sp³-hybridized carbons (Fsp3) is 0. The van der Waals surface area contributed by atoms with Crippen LogP contribution in [0.3, 0.4) is 0 Å². The smallest absolute Gasteiger partial charge is 0.123 e.